The normalized spacial score (nSPS) is 31.2. The summed E-state index contributed by atoms with van der Waals surface area (Å²) >= 11 is 2.18. The maximum atomic E-state index is 13.1. The van der Waals surface area contributed by atoms with E-state index >= 15 is 0 Å². The van der Waals surface area contributed by atoms with Crippen LogP contribution in [0.15, 0.2) is 34.5 Å². The summed E-state index contributed by atoms with van der Waals surface area (Å²) < 4.78 is 10.1. The number of carbonyl (C=O) groups is 4. The first-order chi connectivity index (χ1) is 18.0. The van der Waals surface area contributed by atoms with Gasteiger partial charge in [0.1, 0.15) is 41.1 Å². The minimum absolute atomic E-state index is 0.0106. The highest BCUT2D eigenvalue weighted by molar-refractivity contribution is 8.00. The van der Waals surface area contributed by atoms with Crippen LogP contribution in [0.5, 0.6) is 0 Å². The van der Waals surface area contributed by atoms with Gasteiger partial charge in [-0.15, -0.1) is 23.1 Å². The summed E-state index contributed by atoms with van der Waals surface area (Å²) in [6.45, 7) is 3.60. The second kappa shape index (κ2) is 10.7. The van der Waals surface area contributed by atoms with E-state index in [1.165, 1.54) is 23.2 Å². The Morgan fingerprint density at radius 3 is 2.58 bits per heavy atom. The van der Waals surface area contributed by atoms with Crippen LogP contribution in [-0.2, 0) is 28.7 Å². The number of nitrogens with zero attached hydrogens (tertiary/aromatic N) is 3. The van der Waals surface area contributed by atoms with Gasteiger partial charge < -0.3 is 46.2 Å². The molecule has 5 unspecified atom stereocenters. The van der Waals surface area contributed by atoms with E-state index in [-0.39, 0.29) is 27.8 Å². The van der Waals surface area contributed by atoms with Crippen molar-refractivity contribution in [2.45, 2.75) is 42.1 Å². The Morgan fingerprint density at radius 1 is 1.29 bits per heavy atom. The number of carboxylic acids is 1. The Balaban J connectivity index is 1.50. The maximum absolute atomic E-state index is 13.1. The molecule has 4 heterocycles. The van der Waals surface area contributed by atoms with Crippen LogP contribution in [0.25, 0.3) is 0 Å². The quantitative estimate of drug-likeness (QED) is 0.0573. The van der Waals surface area contributed by atoms with E-state index in [0.29, 0.717) is 0 Å². The van der Waals surface area contributed by atoms with Crippen molar-refractivity contribution in [2.75, 3.05) is 11.5 Å². The van der Waals surface area contributed by atoms with Crippen LogP contribution < -0.4 is 11.1 Å². The van der Waals surface area contributed by atoms with Crippen LogP contribution >= 0.6 is 23.1 Å². The van der Waals surface area contributed by atoms with E-state index in [1.807, 2.05) is 0 Å². The number of aliphatic hydroxyl groups excluding tert-OH is 3. The fraction of sp³-hybridized carbons (Fsp3) is 0.400. The number of nitrogens with one attached hydrogen (secondary N) is 1. The van der Waals surface area contributed by atoms with E-state index in [9.17, 15) is 44.8 Å². The average molecular weight is 572 g/mol. The molecule has 0 aliphatic carbocycles. The number of aliphatic carboxylic acids is 1. The smallest absolute Gasteiger partial charge is 0.357 e. The molecule has 204 valence electrons. The summed E-state index contributed by atoms with van der Waals surface area (Å²) in [4.78, 5) is 55.0. The lowest BCUT2D eigenvalue weighted by Crippen LogP contribution is -2.71. The predicted octanol–water partition coefficient (Wildman–Crippen LogP) is -2.82. The van der Waals surface area contributed by atoms with E-state index in [1.54, 1.807) is 0 Å². The molecule has 4 rings (SSSR count). The number of β-lactam (4-membered cyclic amide) rings is 1. The summed E-state index contributed by atoms with van der Waals surface area (Å²) in [5.41, 5.74) is 5.00. The molecule has 7 atom stereocenters. The van der Waals surface area contributed by atoms with Gasteiger partial charge in [-0.25, -0.2) is 14.6 Å². The number of esters is 1. The van der Waals surface area contributed by atoms with Crippen LogP contribution in [0.4, 0.5) is 5.13 Å². The molecule has 2 amide bonds. The van der Waals surface area contributed by atoms with Crippen LogP contribution in [0, 0.1) is 0 Å². The molecule has 18 heteroatoms. The number of nitrogen functional groups attached to an aromatic ring is 1. The Hall–Kier alpha value is -3.55. The third kappa shape index (κ3) is 4.72. The van der Waals surface area contributed by atoms with Gasteiger partial charge in [0.05, 0.1) is 0 Å². The van der Waals surface area contributed by atoms with Crippen LogP contribution in [0.3, 0.4) is 0 Å². The largest absolute Gasteiger partial charge is 0.479 e. The summed E-state index contributed by atoms with van der Waals surface area (Å²) in [7, 11) is 0. The van der Waals surface area contributed by atoms with Crippen LogP contribution in [0.1, 0.15) is 5.69 Å². The molecule has 0 spiro atoms. The number of anilines is 1. The lowest BCUT2D eigenvalue weighted by atomic mass is 9.99. The standard InChI is InChI=1S/C20H21N5O11S2/c1-2-5-3-37-16-8(23-14(29)7(24-34)6-4-38-20(21)22-6)15(30)25(16)9(5)18(33)36-19-12(28)10(26)11(27)13(35-19)17(31)32/h2,4,8,10-13,16,19,26-28,34H,1,3H2,(H2,21,22)(H,23,29)(H,31,32)/b24-7-/t8-,10?,11?,12?,13?,16-,19?/m1/s1. The molecule has 8 N–H and O–H groups in total. The second-order valence-corrected chi connectivity index (χ2v) is 10.1. The summed E-state index contributed by atoms with van der Waals surface area (Å²) in [6.07, 6.45) is -8.71. The minimum atomic E-state index is -2.01. The minimum Gasteiger partial charge on any atom is -0.479 e. The molecule has 2 saturated heterocycles. The first kappa shape index (κ1) is 27.5. The number of ether oxygens (including phenoxy) is 2. The van der Waals surface area contributed by atoms with Gasteiger partial charge in [-0.1, -0.05) is 17.8 Å². The Kier molecular flexibility index (Phi) is 7.72. The molecule has 1 aromatic heterocycles. The van der Waals surface area contributed by atoms with Crippen molar-refractivity contribution >= 4 is 57.7 Å². The highest BCUT2D eigenvalue weighted by atomic mass is 32.2. The zero-order chi connectivity index (χ0) is 27.9. The first-order valence-corrected chi connectivity index (χ1v) is 12.6. The molecule has 16 nitrogen and oxygen atoms in total. The van der Waals surface area contributed by atoms with Gasteiger partial charge in [0.25, 0.3) is 11.8 Å². The zero-order valence-electron chi connectivity index (χ0n) is 19.0. The summed E-state index contributed by atoms with van der Waals surface area (Å²) in [5.74, 6) is -4.40. The van der Waals surface area contributed by atoms with Crippen LogP contribution in [-0.4, -0.2) is 113 Å². The number of thiazole rings is 1. The van der Waals surface area contributed by atoms with Crippen molar-refractivity contribution in [3.8, 4) is 0 Å². The van der Waals surface area contributed by atoms with Gasteiger partial charge in [0.15, 0.2) is 16.9 Å². The molecular weight excluding hydrogens is 550 g/mol. The Morgan fingerprint density at radius 2 is 2.00 bits per heavy atom. The average Bonchev–Trinajstić information content (AvgIpc) is 3.32. The molecule has 1 aromatic rings. The number of thioether (sulfide) groups is 1. The van der Waals surface area contributed by atoms with Crippen molar-refractivity contribution in [2.24, 2.45) is 5.16 Å². The van der Waals surface area contributed by atoms with Crippen molar-refractivity contribution in [1.82, 2.24) is 15.2 Å². The highest BCUT2D eigenvalue weighted by Crippen LogP contribution is 2.41. The summed E-state index contributed by atoms with van der Waals surface area (Å²) in [5, 5.41) is 54.4. The number of carboxylic acid groups (broad SMARTS) is 1. The molecule has 0 saturated carbocycles. The molecule has 2 fully saturated rings. The van der Waals surface area contributed by atoms with Crippen molar-refractivity contribution < 1.29 is 54.3 Å². The fourth-order valence-corrected chi connectivity index (χ4v) is 5.81. The molecule has 0 radical (unpaired) electrons. The van der Waals surface area contributed by atoms with Gasteiger partial charge >= 0.3 is 11.9 Å². The van der Waals surface area contributed by atoms with Gasteiger partial charge in [0.2, 0.25) is 6.29 Å². The number of carbonyl (C=O) groups excluding carboxylic acids is 3. The number of oxime groups is 1. The summed E-state index contributed by atoms with van der Waals surface area (Å²) in [6, 6.07) is -1.14. The third-order valence-electron chi connectivity index (χ3n) is 5.84. The van der Waals surface area contributed by atoms with Gasteiger partial charge in [-0.2, -0.15) is 0 Å². The van der Waals surface area contributed by atoms with Crippen molar-refractivity contribution in [3.63, 3.8) is 0 Å². The molecule has 3 aliphatic heterocycles. The highest BCUT2D eigenvalue weighted by Gasteiger charge is 2.55. The number of nitrogens with two attached hydrogens (primary N) is 1. The molecular formula is C20H21N5O11S2. The van der Waals surface area contributed by atoms with Gasteiger partial charge in [0, 0.05) is 11.1 Å². The molecule has 0 aromatic carbocycles. The SMILES string of the molecule is C=CC1=C(C(=O)OC2OC(C(=O)O)C(O)C(O)C2O)N2C(=O)[C@@H](NC(=O)/C(=N\O)c3csc(N)n3)[C@H]2SC1. The van der Waals surface area contributed by atoms with Crippen LogP contribution in [0.2, 0.25) is 0 Å². The zero-order valence-corrected chi connectivity index (χ0v) is 20.7. The van der Waals surface area contributed by atoms with Crippen molar-refractivity contribution in [1.29, 1.82) is 0 Å². The predicted molar refractivity (Wildman–Crippen MR) is 128 cm³/mol. The Labute approximate surface area is 221 Å². The fourth-order valence-electron chi connectivity index (χ4n) is 3.92. The lowest BCUT2D eigenvalue weighted by molar-refractivity contribution is -0.285. The van der Waals surface area contributed by atoms with E-state index in [0.717, 1.165) is 16.2 Å². The first-order valence-electron chi connectivity index (χ1n) is 10.7. The number of allylic oxidation sites excluding steroid dienone is 1. The van der Waals surface area contributed by atoms with Gasteiger partial charge in [-0.05, 0) is 5.57 Å². The molecule has 3 aliphatic rings. The van der Waals surface area contributed by atoms with E-state index in [2.05, 4.69) is 22.0 Å². The number of amides is 2. The topological polar surface area (TPSA) is 254 Å². The van der Waals surface area contributed by atoms with E-state index < -0.39 is 71.6 Å². The number of rotatable bonds is 7. The number of hydrogen-bond donors (Lipinski definition) is 7. The van der Waals surface area contributed by atoms with E-state index in [4.69, 9.17) is 15.2 Å². The number of fused-ring (bicyclic) bond motifs is 1. The number of hydrogen-bond acceptors (Lipinski definition) is 15. The second-order valence-electron chi connectivity index (χ2n) is 8.10. The van der Waals surface area contributed by atoms with Gasteiger partial charge in [-0.3, -0.25) is 14.5 Å². The maximum Gasteiger partial charge on any atom is 0.357 e. The Bertz CT molecular complexity index is 1250. The van der Waals surface area contributed by atoms with Crippen molar-refractivity contribution in [3.05, 3.63) is 35.0 Å². The number of aliphatic hydroxyl groups is 3. The molecule has 38 heavy (non-hydrogen) atoms. The number of aromatic nitrogens is 1. The lowest BCUT2D eigenvalue weighted by Gasteiger charge is -2.49. The molecule has 0 bridgehead atoms. The third-order valence-corrected chi connectivity index (χ3v) is 7.82. The monoisotopic (exact) mass is 571 g/mol.